The zero-order valence-electron chi connectivity index (χ0n) is 14.3. The van der Waals surface area contributed by atoms with E-state index >= 15 is 0 Å². The van der Waals surface area contributed by atoms with E-state index in [1.54, 1.807) is 24.3 Å². The SMILES string of the molecule is Cc1ccc(S(=O)(=O)NC(C)c2ccccc2-c2ccccc2)cc1. The van der Waals surface area contributed by atoms with Crippen molar-refractivity contribution in [3.63, 3.8) is 0 Å². The van der Waals surface area contributed by atoms with Crippen molar-refractivity contribution in [1.29, 1.82) is 0 Å². The molecule has 0 spiro atoms. The first-order valence-corrected chi connectivity index (χ1v) is 9.69. The molecule has 0 saturated carbocycles. The van der Waals surface area contributed by atoms with Crippen molar-refractivity contribution in [3.8, 4) is 11.1 Å². The van der Waals surface area contributed by atoms with Gasteiger partial charge in [0.25, 0.3) is 0 Å². The van der Waals surface area contributed by atoms with Crippen LogP contribution in [0.2, 0.25) is 0 Å². The molecule has 3 aromatic rings. The summed E-state index contributed by atoms with van der Waals surface area (Å²) in [6.07, 6.45) is 0. The van der Waals surface area contributed by atoms with Crippen molar-refractivity contribution in [2.45, 2.75) is 24.8 Å². The Morgan fingerprint density at radius 2 is 1.40 bits per heavy atom. The predicted molar refractivity (Wildman–Crippen MR) is 102 cm³/mol. The zero-order chi connectivity index (χ0) is 17.9. The molecular formula is C21H21NO2S. The molecule has 0 amide bonds. The monoisotopic (exact) mass is 351 g/mol. The topological polar surface area (TPSA) is 46.2 Å². The minimum Gasteiger partial charge on any atom is -0.207 e. The minimum atomic E-state index is -3.57. The highest BCUT2D eigenvalue weighted by molar-refractivity contribution is 7.89. The maximum atomic E-state index is 12.7. The third-order valence-electron chi connectivity index (χ3n) is 4.18. The van der Waals surface area contributed by atoms with Gasteiger partial charge in [0.1, 0.15) is 0 Å². The highest BCUT2D eigenvalue weighted by Gasteiger charge is 2.20. The summed E-state index contributed by atoms with van der Waals surface area (Å²) in [6.45, 7) is 3.80. The van der Waals surface area contributed by atoms with E-state index in [1.165, 1.54) is 0 Å². The van der Waals surface area contributed by atoms with Crippen LogP contribution in [-0.4, -0.2) is 8.42 Å². The number of aryl methyl sites for hydroxylation is 1. The molecule has 1 unspecified atom stereocenters. The molecule has 3 nitrogen and oxygen atoms in total. The predicted octanol–water partition coefficient (Wildman–Crippen LogP) is 4.70. The Kier molecular flexibility index (Phi) is 5.02. The molecule has 25 heavy (non-hydrogen) atoms. The average Bonchev–Trinajstić information content (AvgIpc) is 2.62. The smallest absolute Gasteiger partial charge is 0.207 e. The molecule has 0 aliphatic rings. The Hall–Kier alpha value is -2.43. The molecule has 128 valence electrons. The van der Waals surface area contributed by atoms with Gasteiger partial charge in [0, 0.05) is 6.04 Å². The summed E-state index contributed by atoms with van der Waals surface area (Å²) in [6, 6.07) is 24.4. The van der Waals surface area contributed by atoms with E-state index in [4.69, 9.17) is 0 Å². The standard InChI is InChI=1S/C21H21NO2S/c1-16-12-14-19(15-13-16)25(23,24)22-17(2)20-10-6-7-11-21(20)18-8-4-3-5-9-18/h3-15,17,22H,1-2H3. The third-order valence-corrected chi connectivity index (χ3v) is 5.73. The van der Waals surface area contributed by atoms with Crippen LogP contribution in [0.3, 0.4) is 0 Å². The molecule has 0 bridgehead atoms. The average molecular weight is 351 g/mol. The highest BCUT2D eigenvalue weighted by atomic mass is 32.2. The molecule has 0 saturated heterocycles. The Labute approximate surface area is 149 Å². The number of rotatable bonds is 5. The summed E-state index contributed by atoms with van der Waals surface area (Å²) in [5.41, 5.74) is 4.08. The van der Waals surface area contributed by atoms with Crippen molar-refractivity contribution in [3.05, 3.63) is 90.0 Å². The maximum absolute atomic E-state index is 12.7. The number of hydrogen-bond donors (Lipinski definition) is 1. The van der Waals surface area contributed by atoms with E-state index in [2.05, 4.69) is 4.72 Å². The summed E-state index contributed by atoms with van der Waals surface area (Å²) >= 11 is 0. The van der Waals surface area contributed by atoms with Crippen molar-refractivity contribution in [2.24, 2.45) is 0 Å². The van der Waals surface area contributed by atoms with E-state index in [1.807, 2.05) is 68.4 Å². The quantitative estimate of drug-likeness (QED) is 0.724. The van der Waals surface area contributed by atoms with Crippen LogP contribution < -0.4 is 4.72 Å². The van der Waals surface area contributed by atoms with Gasteiger partial charge in [-0.25, -0.2) is 13.1 Å². The molecule has 0 radical (unpaired) electrons. The molecule has 4 heteroatoms. The van der Waals surface area contributed by atoms with Crippen LogP contribution >= 0.6 is 0 Å². The van der Waals surface area contributed by atoms with Gasteiger partial charge < -0.3 is 0 Å². The number of benzene rings is 3. The van der Waals surface area contributed by atoms with Gasteiger partial charge in [-0.15, -0.1) is 0 Å². The Morgan fingerprint density at radius 1 is 0.800 bits per heavy atom. The van der Waals surface area contributed by atoms with E-state index in [9.17, 15) is 8.42 Å². The largest absolute Gasteiger partial charge is 0.241 e. The van der Waals surface area contributed by atoms with Crippen molar-refractivity contribution in [1.82, 2.24) is 4.72 Å². The van der Waals surface area contributed by atoms with E-state index < -0.39 is 10.0 Å². The lowest BCUT2D eigenvalue weighted by Crippen LogP contribution is -2.27. The summed E-state index contributed by atoms with van der Waals surface area (Å²) in [7, 11) is -3.57. The molecule has 0 aliphatic heterocycles. The molecule has 3 aromatic carbocycles. The Bertz CT molecular complexity index is 949. The molecule has 0 aromatic heterocycles. The van der Waals surface area contributed by atoms with Gasteiger partial charge in [-0.2, -0.15) is 0 Å². The van der Waals surface area contributed by atoms with Crippen molar-refractivity contribution in [2.75, 3.05) is 0 Å². The van der Waals surface area contributed by atoms with Gasteiger partial charge in [0.15, 0.2) is 0 Å². The first-order chi connectivity index (χ1) is 12.0. The maximum Gasteiger partial charge on any atom is 0.241 e. The van der Waals surface area contributed by atoms with Gasteiger partial charge in [-0.05, 0) is 42.7 Å². The first kappa shape index (κ1) is 17.4. The fourth-order valence-corrected chi connectivity index (χ4v) is 4.06. The number of nitrogens with one attached hydrogen (secondary N) is 1. The highest BCUT2D eigenvalue weighted by Crippen LogP contribution is 2.29. The number of hydrogen-bond acceptors (Lipinski definition) is 2. The van der Waals surface area contributed by atoms with Crippen LogP contribution in [0.4, 0.5) is 0 Å². The lowest BCUT2D eigenvalue weighted by Gasteiger charge is -2.18. The third kappa shape index (κ3) is 3.98. The molecule has 0 aliphatic carbocycles. The summed E-state index contributed by atoms with van der Waals surface area (Å²) in [5.74, 6) is 0. The fourth-order valence-electron chi connectivity index (χ4n) is 2.84. The second kappa shape index (κ2) is 7.21. The van der Waals surface area contributed by atoms with Crippen LogP contribution in [0, 0.1) is 6.92 Å². The fraction of sp³-hybridized carbons (Fsp3) is 0.143. The molecule has 0 heterocycles. The van der Waals surface area contributed by atoms with Gasteiger partial charge in [-0.3, -0.25) is 0 Å². The van der Waals surface area contributed by atoms with Crippen LogP contribution in [0.15, 0.2) is 83.8 Å². The second-order valence-corrected chi connectivity index (χ2v) is 7.82. The van der Waals surface area contributed by atoms with Crippen LogP contribution in [0.25, 0.3) is 11.1 Å². The van der Waals surface area contributed by atoms with Gasteiger partial charge >= 0.3 is 0 Å². The van der Waals surface area contributed by atoms with Crippen LogP contribution in [-0.2, 0) is 10.0 Å². The van der Waals surface area contributed by atoms with Crippen molar-refractivity contribution < 1.29 is 8.42 Å². The Balaban J connectivity index is 1.92. The lowest BCUT2D eigenvalue weighted by atomic mass is 9.96. The van der Waals surface area contributed by atoms with Crippen molar-refractivity contribution >= 4 is 10.0 Å². The normalized spacial score (nSPS) is 12.7. The lowest BCUT2D eigenvalue weighted by molar-refractivity contribution is 0.567. The molecular weight excluding hydrogens is 330 g/mol. The number of sulfonamides is 1. The van der Waals surface area contributed by atoms with Gasteiger partial charge in [0.05, 0.1) is 4.90 Å². The molecule has 1 N–H and O–H groups in total. The van der Waals surface area contributed by atoms with E-state index in [0.717, 1.165) is 22.3 Å². The van der Waals surface area contributed by atoms with Gasteiger partial charge in [0.2, 0.25) is 10.0 Å². The van der Waals surface area contributed by atoms with Crippen LogP contribution in [0.1, 0.15) is 24.1 Å². The Morgan fingerprint density at radius 3 is 2.08 bits per heavy atom. The molecule has 3 rings (SSSR count). The summed E-state index contributed by atoms with van der Waals surface area (Å²) < 4.78 is 28.1. The first-order valence-electron chi connectivity index (χ1n) is 8.21. The summed E-state index contributed by atoms with van der Waals surface area (Å²) in [5, 5.41) is 0. The second-order valence-electron chi connectivity index (χ2n) is 6.11. The zero-order valence-corrected chi connectivity index (χ0v) is 15.1. The van der Waals surface area contributed by atoms with Gasteiger partial charge in [-0.1, -0.05) is 72.3 Å². The van der Waals surface area contributed by atoms with E-state index in [-0.39, 0.29) is 10.9 Å². The molecule has 0 fully saturated rings. The summed E-state index contributed by atoms with van der Waals surface area (Å²) in [4.78, 5) is 0.280. The van der Waals surface area contributed by atoms with Crippen LogP contribution in [0.5, 0.6) is 0 Å². The molecule has 1 atom stereocenters. The minimum absolute atomic E-state index is 0.280. The van der Waals surface area contributed by atoms with E-state index in [0.29, 0.717) is 0 Å².